The Kier molecular flexibility index (Phi) is 5.52. The van der Waals surface area contributed by atoms with Crippen LogP contribution in [0, 0.1) is 0 Å². The molecule has 0 bridgehead atoms. The highest BCUT2D eigenvalue weighted by Crippen LogP contribution is 2.25. The van der Waals surface area contributed by atoms with Crippen LogP contribution in [-0.4, -0.2) is 41.3 Å². The van der Waals surface area contributed by atoms with E-state index >= 15 is 0 Å². The molecule has 3 rings (SSSR count). The summed E-state index contributed by atoms with van der Waals surface area (Å²) in [5.41, 5.74) is 0.659. The molecule has 0 saturated heterocycles. The molecule has 0 aliphatic rings. The van der Waals surface area contributed by atoms with Crippen LogP contribution >= 0.6 is 22.9 Å². The highest BCUT2D eigenvalue weighted by Gasteiger charge is 2.16. The highest BCUT2D eigenvalue weighted by atomic mass is 35.5. The molecular weight excluding hydrogens is 384 g/mol. The lowest BCUT2D eigenvalue weighted by molar-refractivity contribution is 0.566. The molecule has 3 heterocycles. The van der Waals surface area contributed by atoms with Gasteiger partial charge < -0.3 is 5.32 Å². The van der Waals surface area contributed by atoms with Crippen molar-refractivity contribution in [3.8, 4) is 0 Å². The third-order valence-corrected chi connectivity index (χ3v) is 6.59. The van der Waals surface area contributed by atoms with Gasteiger partial charge in [0.15, 0.2) is 5.65 Å². The Bertz CT molecular complexity index is 969. The second kappa shape index (κ2) is 7.65. The molecule has 0 spiro atoms. The summed E-state index contributed by atoms with van der Waals surface area (Å²) in [6.45, 7) is 3.42. The standard InChI is InChI=1S/C14H17ClN6O2S2/c1-2-5-16-13-10-8-19-21(14(10)18-9-17-13)7-6-20-25(22,23)12-4-3-11(15)24-12/h3-4,8-9,20H,2,5-7H2,1H3,(H,16,17,18). The van der Waals surface area contributed by atoms with Crippen molar-refractivity contribution in [2.75, 3.05) is 18.4 Å². The molecule has 0 radical (unpaired) electrons. The molecular formula is C14H17ClN6O2S2. The maximum absolute atomic E-state index is 12.2. The first kappa shape index (κ1) is 18.1. The summed E-state index contributed by atoms with van der Waals surface area (Å²) >= 11 is 6.81. The van der Waals surface area contributed by atoms with Crippen LogP contribution < -0.4 is 10.0 Å². The fourth-order valence-electron chi connectivity index (χ4n) is 2.24. The van der Waals surface area contributed by atoms with E-state index in [0.717, 1.165) is 35.5 Å². The van der Waals surface area contributed by atoms with E-state index in [-0.39, 0.29) is 10.8 Å². The molecule has 0 aliphatic heterocycles. The Balaban J connectivity index is 1.69. The summed E-state index contributed by atoms with van der Waals surface area (Å²) in [4.78, 5) is 8.46. The van der Waals surface area contributed by atoms with Crippen molar-refractivity contribution >= 4 is 49.8 Å². The first-order valence-corrected chi connectivity index (χ1v) is 10.3. The number of aromatic nitrogens is 4. The molecule has 134 valence electrons. The minimum atomic E-state index is -3.57. The highest BCUT2D eigenvalue weighted by molar-refractivity contribution is 7.91. The fourth-order valence-corrected chi connectivity index (χ4v) is 4.79. The van der Waals surface area contributed by atoms with Gasteiger partial charge in [0.2, 0.25) is 10.0 Å². The lowest BCUT2D eigenvalue weighted by Crippen LogP contribution is -2.27. The van der Waals surface area contributed by atoms with Crippen LogP contribution in [-0.2, 0) is 16.6 Å². The van der Waals surface area contributed by atoms with E-state index in [1.165, 1.54) is 12.4 Å². The number of nitrogens with one attached hydrogen (secondary N) is 2. The van der Waals surface area contributed by atoms with E-state index in [4.69, 9.17) is 11.6 Å². The predicted octanol–water partition coefficient (Wildman–Crippen LogP) is 2.34. The Labute approximate surface area is 154 Å². The molecule has 0 saturated carbocycles. The van der Waals surface area contributed by atoms with E-state index in [0.29, 0.717) is 16.5 Å². The van der Waals surface area contributed by atoms with Crippen LogP contribution in [0.25, 0.3) is 11.0 Å². The molecule has 8 nitrogen and oxygen atoms in total. The van der Waals surface area contributed by atoms with Crippen molar-refractivity contribution in [3.05, 3.63) is 29.0 Å². The number of nitrogens with zero attached hydrogens (tertiary/aromatic N) is 4. The Hall–Kier alpha value is -1.75. The van der Waals surface area contributed by atoms with Crippen molar-refractivity contribution < 1.29 is 8.42 Å². The largest absolute Gasteiger partial charge is 0.369 e. The zero-order chi connectivity index (χ0) is 17.9. The van der Waals surface area contributed by atoms with E-state index in [9.17, 15) is 8.42 Å². The van der Waals surface area contributed by atoms with Crippen LogP contribution in [0.4, 0.5) is 5.82 Å². The van der Waals surface area contributed by atoms with Crippen molar-refractivity contribution in [1.29, 1.82) is 0 Å². The molecule has 0 amide bonds. The summed E-state index contributed by atoms with van der Waals surface area (Å²) in [6.07, 6.45) is 4.13. The van der Waals surface area contributed by atoms with E-state index in [1.54, 1.807) is 16.9 Å². The van der Waals surface area contributed by atoms with Gasteiger partial charge in [-0.05, 0) is 18.6 Å². The van der Waals surface area contributed by atoms with Gasteiger partial charge in [-0.15, -0.1) is 11.3 Å². The molecule has 0 fully saturated rings. The first-order valence-electron chi connectivity index (χ1n) is 7.66. The number of thiophene rings is 1. The van der Waals surface area contributed by atoms with E-state index in [1.807, 2.05) is 0 Å². The molecule has 0 atom stereocenters. The maximum atomic E-state index is 12.2. The molecule has 3 aromatic heterocycles. The molecule has 25 heavy (non-hydrogen) atoms. The molecule has 0 aliphatic carbocycles. The number of anilines is 1. The molecule has 11 heteroatoms. The SMILES string of the molecule is CCCNc1ncnc2c1cnn2CCNS(=O)(=O)c1ccc(Cl)s1. The predicted molar refractivity (Wildman–Crippen MR) is 98.6 cm³/mol. The van der Waals surface area contributed by atoms with Gasteiger partial charge in [0.25, 0.3) is 0 Å². The van der Waals surface area contributed by atoms with Gasteiger partial charge in [0, 0.05) is 13.1 Å². The number of hydrogen-bond acceptors (Lipinski definition) is 7. The lowest BCUT2D eigenvalue weighted by Gasteiger charge is -2.07. The number of fused-ring (bicyclic) bond motifs is 1. The van der Waals surface area contributed by atoms with Crippen molar-refractivity contribution in [2.24, 2.45) is 0 Å². The lowest BCUT2D eigenvalue weighted by atomic mass is 10.4. The zero-order valence-electron chi connectivity index (χ0n) is 13.4. The third kappa shape index (κ3) is 4.09. The van der Waals surface area contributed by atoms with Crippen LogP contribution in [0.2, 0.25) is 4.34 Å². The Morgan fingerprint density at radius 2 is 2.12 bits per heavy atom. The molecule has 2 N–H and O–H groups in total. The molecule has 0 aromatic carbocycles. The second-order valence-corrected chi connectivity index (χ2v) is 8.92. The second-order valence-electron chi connectivity index (χ2n) is 5.21. The quantitative estimate of drug-likeness (QED) is 0.601. The van der Waals surface area contributed by atoms with Crippen LogP contribution in [0.5, 0.6) is 0 Å². The third-order valence-electron chi connectivity index (χ3n) is 3.41. The van der Waals surface area contributed by atoms with Crippen LogP contribution in [0.1, 0.15) is 13.3 Å². The summed E-state index contributed by atoms with van der Waals surface area (Å²) in [5, 5.41) is 8.32. The van der Waals surface area contributed by atoms with Crippen LogP contribution in [0.3, 0.4) is 0 Å². The summed E-state index contributed by atoms with van der Waals surface area (Å²) < 4.78 is 29.2. The summed E-state index contributed by atoms with van der Waals surface area (Å²) in [5.74, 6) is 0.729. The van der Waals surface area contributed by atoms with E-state index in [2.05, 4.69) is 32.0 Å². The van der Waals surface area contributed by atoms with Gasteiger partial charge in [-0.2, -0.15) is 5.10 Å². The Morgan fingerprint density at radius 3 is 2.84 bits per heavy atom. The fraction of sp³-hybridized carbons (Fsp3) is 0.357. The van der Waals surface area contributed by atoms with E-state index < -0.39 is 10.0 Å². The minimum absolute atomic E-state index is 0.191. The number of hydrogen-bond donors (Lipinski definition) is 2. The van der Waals surface area contributed by atoms with Crippen LogP contribution in [0.15, 0.2) is 28.9 Å². The van der Waals surface area contributed by atoms with Gasteiger partial charge in [0.05, 0.1) is 22.5 Å². The number of sulfonamides is 1. The summed E-state index contributed by atoms with van der Waals surface area (Å²) in [6, 6.07) is 3.04. The first-order chi connectivity index (χ1) is 12.0. The average molecular weight is 401 g/mol. The van der Waals surface area contributed by atoms with Crippen molar-refractivity contribution in [3.63, 3.8) is 0 Å². The van der Waals surface area contributed by atoms with Crippen molar-refractivity contribution in [2.45, 2.75) is 24.1 Å². The molecule has 3 aromatic rings. The topological polar surface area (TPSA) is 102 Å². The van der Waals surface area contributed by atoms with Gasteiger partial charge in [-0.1, -0.05) is 18.5 Å². The number of halogens is 1. The monoisotopic (exact) mass is 400 g/mol. The molecule has 0 unspecified atom stereocenters. The van der Waals surface area contributed by atoms with Crippen molar-refractivity contribution in [1.82, 2.24) is 24.5 Å². The minimum Gasteiger partial charge on any atom is -0.369 e. The van der Waals surface area contributed by atoms with Gasteiger partial charge in [-0.3, -0.25) is 0 Å². The zero-order valence-corrected chi connectivity index (χ0v) is 15.8. The summed E-state index contributed by atoms with van der Waals surface area (Å²) in [7, 11) is -3.57. The number of rotatable bonds is 8. The average Bonchev–Trinajstić information content (AvgIpc) is 3.20. The van der Waals surface area contributed by atoms with Gasteiger partial charge in [0.1, 0.15) is 16.4 Å². The van der Waals surface area contributed by atoms with Gasteiger partial charge >= 0.3 is 0 Å². The maximum Gasteiger partial charge on any atom is 0.250 e. The normalized spacial score (nSPS) is 11.9. The Morgan fingerprint density at radius 1 is 1.28 bits per heavy atom. The smallest absolute Gasteiger partial charge is 0.250 e. The van der Waals surface area contributed by atoms with Gasteiger partial charge in [-0.25, -0.2) is 27.8 Å².